The highest BCUT2D eigenvalue weighted by Crippen LogP contribution is 2.26. The predicted octanol–water partition coefficient (Wildman–Crippen LogP) is 2.72. The second-order valence-electron chi connectivity index (χ2n) is 2.21. The highest BCUT2D eigenvalue weighted by molar-refractivity contribution is 9.10. The van der Waals surface area contributed by atoms with Gasteiger partial charge in [0.25, 0.3) is 0 Å². The average molecular weight is 254 g/mol. The smallest absolute Gasteiger partial charge is 0.143 e. The monoisotopic (exact) mass is 253 g/mol. The Morgan fingerprint density at radius 3 is 2.75 bits per heavy atom. The van der Waals surface area contributed by atoms with E-state index >= 15 is 0 Å². The average Bonchev–Trinajstić information content (AvgIpc) is 2.01. The molecule has 1 aromatic carbocycles. The second kappa shape index (κ2) is 4.18. The van der Waals surface area contributed by atoms with E-state index in [9.17, 15) is 4.39 Å². The highest BCUT2D eigenvalue weighted by Gasteiger charge is 2.05. The van der Waals surface area contributed by atoms with Gasteiger partial charge in [0.2, 0.25) is 0 Å². The van der Waals surface area contributed by atoms with E-state index in [1.165, 1.54) is 6.07 Å². The van der Waals surface area contributed by atoms with Crippen LogP contribution in [0.2, 0.25) is 5.02 Å². The first-order valence-corrected chi connectivity index (χ1v) is 4.32. The molecule has 0 saturated heterocycles. The van der Waals surface area contributed by atoms with E-state index in [0.29, 0.717) is 10.0 Å². The maximum atomic E-state index is 12.9. The summed E-state index contributed by atoms with van der Waals surface area (Å²) >= 11 is 8.63. The molecule has 0 radical (unpaired) electrons. The number of hydroxylamine groups is 1. The van der Waals surface area contributed by atoms with Crippen molar-refractivity contribution < 1.29 is 9.60 Å². The number of nitrogens with one attached hydrogen (secondary N) is 1. The Balaban J connectivity index is 3.04. The lowest BCUT2D eigenvalue weighted by molar-refractivity contribution is 0.161. The molecule has 5 heteroatoms. The van der Waals surface area contributed by atoms with E-state index in [-0.39, 0.29) is 11.6 Å². The molecular weight excluding hydrogens is 248 g/mol. The summed E-state index contributed by atoms with van der Waals surface area (Å²) in [5.41, 5.74) is 2.54. The Morgan fingerprint density at radius 1 is 1.58 bits per heavy atom. The summed E-state index contributed by atoms with van der Waals surface area (Å²) in [6, 6.07) is 2.89. The number of halogens is 3. The van der Waals surface area contributed by atoms with E-state index < -0.39 is 5.82 Å². The van der Waals surface area contributed by atoms with Crippen LogP contribution >= 0.6 is 27.5 Å². The van der Waals surface area contributed by atoms with Crippen molar-refractivity contribution in [3.63, 3.8) is 0 Å². The predicted molar refractivity (Wildman–Crippen MR) is 47.7 cm³/mol. The lowest BCUT2D eigenvalue weighted by atomic mass is 10.2. The van der Waals surface area contributed by atoms with Gasteiger partial charge in [-0.25, -0.2) is 9.87 Å². The van der Waals surface area contributed by atoms with E-state index in [2.05, 4.69) is 15.9 Å². The van der Waals surface area contributed by atoms with Crippen molar-refractivity contribution in [2.24, 2.45) is 0 Å². The van der Waals surface area contributed by atoms with Crippen LogP contribution in [0.25, 0.3) is 0 Å². The maximum Gasteiger partial charge on any atom is 0.143 e. The van der Waals surface area contributed by atoms with E-state index in [4.69, 9.17) is 16.8 Å². The lowest BCUT2D eigenvalue weighted by Crippen LogP contribution is -2.06. The molecule has 0 unspecified atom stereocenters. The molecule has 0 aliphatic rings. The molecule has 0 spiro atoms. The standard InChI is InChI=1S/C7H6BrClFNO/c8-5-1-4(3-11-12)2-6(10)7(5)9/h1-2,11-12H,3H2. The first-order chi connectivity index (χ1) is 5.65. The molecule has 2 N–H and O–H groups in total. The van der Waals surface area contributed by atoms with E-state index in [0.717, 1.165) is 0 Å². The van der Waals surface area contributed by atoms with Crippen LogP contribution in [-0.4, -0.2) is 5.21 Å². The van der Waals surface area contributed by atoms with Crippen molar-refractivity contribution in [3.05, 3.63) is 33.0 Å². The molecule has 0 bridgehead atoms. The minimum Gasteiger partial charge on any atom is -0.316 e. The van der Waals surface area contributed by atoms with Crippen molar-refractivity contribution >= 4 is 27.5 Å². The van der Waals surface area contributed by atoms with Gasteiger partial charge in [-0.2, -0.15) is 0 Å². The summed E-state index contributed by atoms with van der Waals surface area (Å²) < 4.78 is 13.4. The van der Waals surface area contributed by atoms with Gasteiger partial charge in [0.05, 0.1) is 5.02 Å². The van der Waals surface area contributed by atoms with Gasteiger partial charge in [-0.3, -0.25) is 0 Å². The molecule has 0 aliphatic carbocycles. The molecule has 0 aromatic heterocycles. The molecule has 0 amide bonds. The van der Waals surface area contributed by atoms with Crippen LogP contribution in [0.1, 0.15) is 5.56 Å². The Morgan fingerprint density at radius 2 is 2.25 bits per heavy atom. The summed E-state index contributed by atoms with van der Waals surface area (Å²) in [7, 11) is 0. The third-order valence-electron chi connectivity index (χ3n) is 1.33. The zero-order valence-corrected chi connectivity index (χ0v) is 8.28. The van der Waals surface area contributed by atoms with Crippen LogP contribution in [0, 0.1) is 5.82 Å². The second-order valence-corrected chi connectivity index (χ2v) is 3.44. The van der Waals surface area contributed by atoms with Crippen LogP contribution in [0.15, 0.2) is 16.6 Å². The highest BCUT2D eigenvalue weighted by atomic mass is 79.9. The van der Waals surface area contributed by atoms with Crippen LogP contribution in [0.5, 0.6) is 0 Å². The molecule has 1 rings (SSSR count). The fourth-order valence-corrected chi connectivity index (χ4v) is 1.39. The van der Waals surface area contributed by atoms with Gasteiger partial charge in [0, 0.05) is 11.0 Å². The Hall–Kier alpha value is -0.160. The lowest BCUT2D eigenvalue weighted by Gasteiger charge is -2.02. The summed E-state index contributed by atoms with van der Waals surface area (Å²) in [6.45, 7) is 0.187. The van der Waals surface area contributed by atoms with Crippen LogP contribution in [0.3, 0.4) is 0 Å². The molecule has 0 saturated carbocycles. The Bertz CT molecular complexity index is 272. The van der Waals surface area contributed by atoms with E-state index in [1.54, 1.807) is 6.07 Å². The summed E-state index contributed by atoms with van der Waals surface area (Å²) in [5, 5.41) is 8.40. The Kier molecular flexibility index (Phi) is 3.46. The third kappa shape index (κ3) is 2.17. The summed E-state index contributed by atoms with van der Waals surface area (Å²) in [6.07, 6.45) is 0. The molecule has 0 aliphatic heterocycles. The fraction of sp³-hybridized carbons (Fsp3) is 0.143. The first kappa shape index (κ1) is 9.92. The van der Waals surface area contributed by atoms with Crippen molar-refractivity contribution in [2.75, 3.05) is 0 Å². The Labute approximate surface area is 82.4 Å². The summed E-state index contributed by atoms with van der Waals surface area (Å²) in [4.78, 5) is 0. The van der Waals surface area contributed by atoms with Crippen LogP contribution in [0.4, 0.5) is 4.39 Å². The van der Waals surface area contributed by atoms with Gasteiger partial charge in [0.15, 0.2) is 0 Å². The third-order valence-corrected chi connectivity index (χ3v) is 2.56. The zero-order chi connectivity index (χ0) is 9.14. The molecule has 0 fully saturated rings. The summed E-state index contributed by atoms with van der Waals surface area (Å²) in [5.74, 6) is -0.503. The SMILES string of the molecule is ONCc1cc(F)c(Cl)c(Br)c1. The van der Waals surface area contributed by atoms with Gasteiger partial charge in [-0.05, 0) is 33.6 Å². The minimum absolute atomic E-state index is 0.0525. The quantitative estimate of drug-likeness (QED) is 0.628. The van der Waals surface area contributed by atoms with Gasteiger partial charge in [-0.1, -0.05) is 11.6 Å². The zero-order valence-electron chi connectivity index (χ0n) is 5.94. The number of rotatable bonds is 2. The largest absolute Gasteiger partial charge is 0.316 e. The molecule has 0 atom stereocenters. The number of hydrogen-bond acceptors (Lipinski definition) is 2. The molecule has 66 valence electrons. The molecular formula is C7H6BrClFNO. The van der Waals surface area contributed by atoms with Gasteiger partial charge in [0.1, 0.15) is 5.82 Å². The normalized spacial score (nSPS) is 10.3. The minimum atomic E-state index is -0.503. The number of benzene rings is 1. The van der Waals surface area contributed by atoms with Crippen LogP contribution < -0.4 is 5.48 Å². The van der Waals surface area contributed by atoms with Gasteiger partial charge in [-0.15, -0.1) is 0 Å². The van der Waals surface area contributed by atoms with Crippen LogP contribution in [-0.2, 0) is 6.54 Å². The topological polar surface area (TPSA) is 32.3 Å². The number of hydrogen-bond donors (Lipinski definition) is 2. The molecule has 1 aromatic rings. The van der Waals surface area contributed by atoms with Crippen molar-refractivity contribution in [1.82, 2.24) is 5.48 Å². The van der Waals surface area contributed by atoms with Crippen molar-refractivity contribution in [1.29, 1.82) is 0 Å². The van der Waals surface area contributed by atoms with Gasteiger partial charge >= 0.3 is 0 Å². The maximum absolute atomic E-state index is 12.9. The molecule has 2 nitrogen and oxygen atoms in total. The van der Waals surface area contributed by atoms with Gasteiger partial charge < -0.3 is 5.21 Å². The fourth-order valence-electron chi connectivity index (χ4n) is 0.801. The van der Waals surface area contributed by atoms with Crippen molar-refractivity contribution in [2.45, 2.75) is 6.54 Å². The molecule has 12 heavy (non-hydrogen) atoms. The van der Waals surface area contributed by atoms with E-state index in [1.807, 2.05) is 5.48 Å². The van der Waals surface area contributed by atoms with Crippen molar-refractivity contribution in [3.8, 4) is 0 Å². The first-order valence-electron chi connectivity index (χ1n) is 3.15. The molecule has 0 heterocycles.